The van der Waals surface area contributed by atoms with Gasteiger partial charge in [-0.15, -0.1) is 0 Å². The van der Waals surface area contributed by atoms with Gasteiger partial charge >= 0.3 is 0 Å². The Kier molecular flexibility index (Phi) is 4.55. The van der Waals surface area contributed by atoms with Crippen LogP contribution in [0.2, 0.25) is 0 Å². The first-order valence-electron chi connectivity index (χ1n) is 5.62. The van der Waals surface area contributed by atoms with Gasteiger partial charge in [0.1, 0.15) is 11.5 Å². The van der Waals surface area contributed by atoms with Crippen molar-refractivity contribution in [1.82, 2.24) is 15.1 Å². The predicted octanol–water partition coefficient (Wildman–Crippen LogP) is 1.93. The van der Waals surface area contributed by atoms with Crippen molar-refractivity contribution in [2.45, 2.75) is 33.4 Å². The van der Waals surface area contributed by atoms with Crippen LogP contribution in [0.3, 0.4) is 0 Å². The summed E-state index contributed by atoms with van der Waals surface area (Å²) < 4.78 is 7.23. The molecule has 0 bridgehead atoms. The standard InChI is InChI=1S/C12H21N3O/c1-6-16-10(4)12-11(7-13-9(2)3)8-14-15(12)5/h8-9,13H,4,6-7H2,1-3,5H3. The summed E-state index contributed by atoms with van der Waals surface area (Å²) in [7, 11) is 1.90. The summed E-state index contributed by atoms with van der Waals surface area (Å²) >= 11 is 0. The molecule has 4 nitrogen and oxygen atoms in total. The summed E-state index contributed by atoms with van der Waals surface area (Å²) in [6, 6.07) is 0.452. The van der Waals surface area contributed by atoms with Crippen LogP contribution in [0.4, 0.5) is 0 Å². The molecule has 90 valence electrons. The molecule has 16 heavy (non-hydrogen) atoms. The average molecular weight is 223 g/mol. The first-order chi connectivity index (χ1) is 7.56. The van der Waals surface area contributed by atoms with Gasteiger partial charge in [0.05, 0.1) is 12.8 Å². The summed E-state index contributed by atoms with van der Waals surface area (Å²) in [5.41, 5.74) is 2.09. The largest absolute Gasteiger partial charge is 0.492 e. The van der Waals surface area contributed by atoms with E-state index in [-0.39, 0.29) is 0 Å². The highest BCUT2D eigenvalue weighted by molar-refractivity contribution is 5.57. The number of aromatic nitrogens is 2. The third-order valence-electron chi connectivity index (χ3n) is 2.30. The van der Waals surface area contributed by atoms with Crippen molar-refractivity contribution in [3.8, 4) is 0 Å². The van der Waals surface area contributed by atoms with E-state index in [1.165, 1.54) is 0 Å². The normalized spacial score (nSPS) is 10.8. The van der Waals surface area contributed by atoms with Gasteiger partial charge in [-0.1, -0.05) is 20.4 Å². The van der Waals surface area contributed by atoms with Crippen LogP contribution in [-0.2, 0) is 18.3 Å². The van der Waals surface area contributed by atoms with E-state index < -0.39 is 0 Å². The van der Waals surface area contributed by atoms with Gasteiger partial charge in [-0.2, -0.15) is 5.10 Å². The van der Waals surface area contributed by atoms with E-state index in [0.717, 1.165) is 17.8 Å². The molecule has 1 aromatic rings. The first-order valence-corrected chi connectivity index (χ1v) is 5.62. The molecule has 1 aromatic heterocycles. The zero-order valence-corrected chi connectivity index (χ0v) is 10.6. The Hall–Kier alpha value is -1.29. The molecular weight excluding hydrogens is 202 g/mol. The van der Waals surface area contributed by atoms with Crippen molar-refractivity contribution in [2.75, 3.05) is 6.61 Å². The second-order valence-corrected chi connectivity index (χ2v) is 4.03. The SMILES string of the molecule is C=C(OCC)c1c(CNC(C)C)cnn1C. The number of ether oxygens (including phenoxy) is 1. The molecule has 1 heterocycles. The molecule has 0 fully saturated rings. The average Bonchev–Trinajstić information content (AvgIpc) is 2.57. The van der Waals surface area contributed by atoms with Gasteiger partial charge < -0.3 is 10.1 Å². The maximum absolute atomic E-state index is 5.43. The fourth-order valence-electron chi connectivity index (χ4n) is 1.53. The number of nitrogens with zero attached hydrogens (tertiary/aromatic N) is 2. The molecule has 0 aliphatic heterocycles. The van der Waals surface area contributed by atoms with Gasteiger partial charge in [0.2, 0.25) is 0 Å². The van der Waals surface area contributed by atoms with E-state index in [0.29, 0.717) is 18.4 Å². The molecule has 0 saturated carbocycles. The Balaban J connectivity index is 2.81. The van der Waals surface area contributed by atoms with Crippen LogP contribution in [0.5, 0.6) is 0 Å². The third kappa shape index (κ3) is 3.10. The minimum atomic E-state index is 0.452. The van der Waals surface area contributed by atoms with E-state index in [9.17, 15) is 0 Å². The Bertz CT molecular complexity index is 355. The third-order valence-corrected chi connectivity index (χ3v) is 2.30. The molecule has 0 aliphatic rings. The quantitative estimate of drug-likeness (QED) is 0.749. The van der Waals surface area contributed by atoms with Crippen molar-refractivity contribution in [2.24, 2.45) is 7.05 Å². The van der Waals surface area contributed by atoms with Crippen LogP contribution in [0.1, 0.15) is 32.0 Å². The molecule has 1 rings (SSSR count). The van der Waals surface area contributed by atoms with Crippen molar-refractivity contribution in [1.29, 1.82) is 0 Å². The topological polar surface area (TPSA) is 39.1 Å². The minimum absolute atomic E-state index is 0.452. The van der Waals surface area contributed by atoms with E-state index >= 15 is 0 Å². The maximum Gasteiger partial charge on any atom is 0.137 e. The van der Waals surface area contributed by atoms with Crippen LogP contribution in [0, 0.1) is 0 Å². The second-order valence-electron chi connectivity index (χ2n) is 4.03. The van der Waals surface area contributed by atoms with E-state index in [1.807, 2.05) is 20.2 Å². The number of rotatable bonds is 6. The van der Waals surface area contributed by atoms with Crippen LogP contribution in [0.15, 0.2) is 12.8 Å². The Labute approximate surface area is 97.3 Å². The number of aryl methyl sites for hydroxylation is 1. The monoisotopic (exact) mass is 223 g/mol. The van der Waals surface area contributed by atoms with Gasteiger partial charge in [0.25, 0.3) is 0 Å². The summed E-state index contributed by atoms with van der Waals surface area (Å²) in [6.45, 7) is 11.5. The zero-order valence-electron chi connectivity index (χ0n) is 10.6. The Morgan fingerprint density at radius 1 is 1.62 bits per heavy atom. The lowest BCUT2D eigenvalue weighted by Crippen LogP contribution is -2.22. The van der Waals surface area contributed by atoms with Crippen LogP contribution in [-0.4, -0.2) is 22.4 Å². The molecule has 0 spiro atoms. The minimum Gasteiger partial charge on any atom is -0.492 e. The first kappa shape index (κ1) is 12.8. The zero-order chi connectivity index (χ0) is 12.1. The van der Waals surface area contributed by atoms with Gasteiger partial charge in [0, 0.05) is 25.2 Å². The molecule has 1 N–H and O–H groups in total. The Morgan fingerprint density at radius 3 is 2.88 bits per heavy atom. The molecular formula is C12H21N3O. The summed E-state index contributed by atoms with van der Waals surface area (Å²) in [6.07, 6.45) is 1.86. The summed E-state index contributed by atoms with van der Waals surface area (Å²) in [5, 5.41) is 7.60. The van der Waals surface area contributed by atoms with Crippen LogP contribution < -0.4 is 5.32 Å². The second kappa shape index (κ2) is 5.70. The molecule has 0 saturated heterocycles. The highest BCUT2D eigenvalue weighted by Gasteiger charge is 2.12. The smallest absolute Gasteiger partial charge is 0.137 e. The van der Waals surface area contributed by atoms with Gasteiger partial charge in [-0.3, -0.25) is 4.68 Å². The number of hydrogen-bond acceptors (Lipinski definition) is 3. The molecule has 0 aromatic carbocycles. The van der Waals surface area contributed by atoms with Crippen molar-refractivity contribution in [3.63, 3.8) is 0 Å². The molecule has 0 aliphatic carbocycles. The molecule has 4 heteroatoms. The van der Waals surface area contributed by atoms with Gasteiger partial charge in [-0.25, -0.2) is 0 Å². The van der Waals surface area contributed by atoms with Crippen molar-refractivity contribution < 1.29 is 4.74 Å². The van der Waals surface area contributed by atoms with E-state index in [4.69, 9.17) is 4.74 Å². The fourth-order valence-corrected chi connectivity index (χ4v) is 1.53. The predicted molar refractivity (Wildman–Crippen MR) is 65.8 cm³/mol. The van der Waals surface area contributed by atoms with Crippen molar-refractivity contribution >= 4 is 5.76 Å². The van der Waals surface area contributed by atoms with E-state index in [1.54, 1.807) is 4.68 Å². The Morgan fingerprint density at radius 2 is 2.31 bits per heavy atom. The summed E-state index contributed by atoms with van der Waals surface area (Å²) in [5.74, 6) is 0.683. The van der Waals surface area contributed by atoms with Gasteiger partial charge in [-0.05, 0) is 6.92 Å². The van der Waals surface area contributed by atoms with Gasteiger partial charge in [0.15, 0.2) is 0 Å². The number of hydrogen-bond donors (Lipinski definition) is 1. The number of nitrogens with one attached hydrogen (secondary N) is 1. The molecule has 0 atom stereocenters. The highest BCUT2D eigenvalue weighted by atomic mass is 16.5. The fraction of sp³-hybridized carbons (Fsp3) is 0.583. The maximum atomic E-state index is 5.43. The summed E-state index contributed by atoms with van der Waals surface area (Å²) in [4.78, 5) is 0. The highest BCUT2D eigenvalue weighted by Crippen LogP contribution is 2.18. The van der Waals surface area contributed by atoms with Crippen molar-refractivity contribution in [3.05, 3.63) is 24.0 Å². The van der Waals surface area contributed by atoms with Crippen LogP contribution in [0.25, 0.3) is 5.76 Å². The van der Waals surface area contributed by atoms with Crippen LogP contribution >= 0.6 is 0 Å². The lowest BCUT2D eigenvalue weighted by Gasteiger charge is -2.11. The van der Waals surface area contributed by atoms with E-state index in [2.05, 4.69) is 30.8 Å². The molecule has 0 radical (unpaired) electrons. The molecule has 0 unspecified atom stereocenters. The lowest BCUT2D eigenvalue weighted by molar-refractivity contribution is 0.295. The lowest BCUT2D eigenvalue weighted by atomic mass is 10.2. The molecule has 0 amide bonds.